The molecule has 0 radical (unpaired) electrons. The average Bonchev–Trinajstić information content (AvgIpc) is 2.78. The van der Waals surface area contributed by atoms with Crippen molar-refractivity contribution in [1.82, 2.24) is 9.97 Å². The van der Waals surface area contributed by atoms with Crippen molar-refractivity contribution in [3.8, 4) is 41.2 Å². The summed E-state index contributed by atoms with van der Waals surface area (Å²) in [7, 11) is 1.55. The van der Waals surface area contributed by atoms with E-state index in [4.69, 9.17) is 15.9 Å². The van der Waals surface area contributed by atoms with Crippen LogP contribution in [0.1, 0.15) is 11.1 Å². The summed E-state index contributed by atoms with van der Waals surface area (Å²) in [6.45, 7) is 0.103. The number of ether oxygens (including phenoxy) is 2. The monoisotopic (exact) mass is 399 g/mol. The van der Waals surface area contributed by atoms with Gasteiger partial charge in [-0.1, -0.05) is 36.3 Å². The maximum Gasteiger partial charge on any atom is 0.270 e. The van der Waals surface area contributed by atoms with E-state index in [0.717, 1.165) is 0 Å². The molecule has 0 bridgehead atoms. The van der Waals surface area contributed by atoms with Gasteiger partial charge in [-0.15, -0.1) is 6.42 Å². The van der Waals surface area contributed by atoms with Crippen LogP contribution in [0.3, 0.4) is 0 Å². The lowest BCUT2D eigenvalue weighted by atomic mass is 10.1. The second kappa shape index (κ2) is 9.58. The number of H-pyrrole nitrogens is 1. The summed E-state index contributed by atoms with van der Waals surface area (Å²) < 4.78 is 10.7. The van der Waals surface area contributed by atoms with Crippen LogP contribution in [0.5, 0.6) is 11.5 Å². The highest BCUT2D eigenvalue weighted by Crippen LogP contribution is 2.23. The number of methoxy groups -OCH3 is 1. The summed E-state index contributed by atoms with van der Waals surface area (Å²) >= 11 is 0. The Hall–Kier alpha value is -4.56. The molecule has 3 aromatic rings. The number of nitrogens with one attached hydrogen (secondary N) is 2. The van der Waals surface area contributed by atoms with Gasteiger partial charge in [-0.2, -0.15) is 10.4 Å². The van der Waals surface area contributed by atoms with E-state index in [1.165, 1.54) is 6.21 Å². The second-order valence-electron chi connectivity index (χ2n) is 5.88. The molecule has 30 heavy (non-hydrogen) atoms. The minimum absolute atomic E-state index is 0.0755. The van der Waals surface area contributed by atoms with Gasteiger partial charge in [-0.05, 0) is 18.2 Å². The smallest absolute Gasteiger partial charge is 0.270 e. The van der Waals surface area contributed by atoms with E-state index in [0.29, 0.717) is 22.6 Å². The Morgan fingerprint density at radius 1 is 1.30 bits per heavy atom. The Bertz CT molecular complexity index is 1200. The molecule has 0 aliphatic carbocycles. The Kier molecular flexibility index (Phi) is 6.44. The predicted octanol–water partition coefficient (Wildman–Crippen LogP) is 2.78. The molecule has 0 spiro atoms. The van der Waals surface area contributed by atoms with Crippen LogP contribution in [0.15, 0.2) is 58.4 Å². The van der Waals surface area contributed by atoms with Crippen molar-refractivity contribution in [3.63, 3.8) is 0 Å². The third-order valence-corrected chi connectivity index (χ3v) is 3.98. The lowest BCUT2D eigenvalue weighted by Gasteiger charge is -2.09. The summed E-state index contributed by atoms with van der Waals surface area (Å²) in [6.07, 6.45) is 6.73. The number of benzene rings is 2. The van der Waals surface area contributed by atoms with E-state index < -0.39 is 5.56 Å². The van der Waals surface area contributed by atoms with Crippen LogP contribution in [0, 0.1) is 23.7 Å². The van der Waals surface area contributed by atoms with Gasteiger partial charge in [-0.25, -0.2) is 10.4 Å². The fraction of sp³-hybridized carbons (Fsp3) is 0.0909. The van der Waals surface area contributed by atoms with Gasteiger partial charge in [-0.3, -0.25) is 9.78 Å². The van der Waals surface area contributed by atoms with Crippen molar-refractivity contribution in [2.45, 2.75) is 0 Å². The number of nitriles is 1. The van der Waals surface area contributed by atoms with Gasteiger partial charge in [0.15, 0.2) is 0 Å². The fourth-order valence-corrected chi connectivity index (χ4v) is 2.60. The topological polar surface area (TPSA) is 112 Å². The summed E-state index contributed by atoms with van der Waals surface area (Å²) in [6, 6.07) is 16.0. The molecule has 1 aromatic heterocycles. The number of hydrogen-bond acceptors (Lipinski definition) is 7. The summed E-state index contributed by atoms with van der Waals surface area (Å²) in [5.74, 6) is 3.62. The first-order chi connectivity index (χ1) is 14.7. The third kappa shape index (κ3) is 4.64. The van der Waals surface area contributed by atoms with Crippen LogP contribution in [0.2, 0.25) is 0 Å². The van der Waals surface area contributed by atoms with Crippen molar-refractivity contribution >= 4 is 12.2 Å². The molecule has 0 aliphatic rings. The molecule has 0 amide bonds. The van der Waals surface area contributed by atoms with Crippen molar-refractivity contribution in [1.29, 1.82) is 5.26 Å². The van der Waals surface area contributed by atoms with Crippen molar-refractivity contribution in [2.75, 3.05) is 19.1 Å². The fourth-order valence-electron chi connectivity index (χ4n) is 2.60. The lowest BCUT2D eigenvalue weighted by Crippen LogP contribution is -2.16. The predicted molar refractivity (Wildman–Crippen MR) is 114 cm³/mol. The van der Waals surface area contributed by atoms with Crippen molar-refractivity contribution < 1.29 is 9.47 Å². The third-order valence-electron chi connectivity index (χ3n) is 3.98. The molecule has 8 nitrogen and oxygen atoms in total. The number of aromatic amines is 1. The summed E-state index contributed by atoms with van der Waals surface area (Å²) in [5, 5.41) is 13.4. The zero-order chi connectivity index (χ0) is 21.3. The normalized spacial score (nSPS) is 10.2. The number of hydrazone groups is 1. The highest BCUT2D eigenvalue weighted by Gasteiger charge is 2.13. The van der Waals surface area contributed by atoms with Gasteiger partial charge in [0.25, 0.3) is 5.56 Å². The van der Waals surface area contributed by atoms with Gasteiger partial charge in [0.1, 0.15) is 29.7 Å². The largest absolute Gasteiger partial charge is 0.497 e. The average molecular weight is 399 g/mol. The van der Waals surface area contributed by atoms with Crippen LogP contribution in [0.4, 0.5) is 5.95 Å². The lowest BCUT2D eigenvalue weighted by molar-refractivity contribution is 0.367. The van der Waals surface area contributed by atoms with Crippen LogP contribution >= 0.6 is 0 Å². The first-order valence-corrected chi connectivity index (χ1v) is 8.79. The van der Waals surface area contributed by atoms with E-state index in [9.17, 15) is 10.1 Å². The number of anilines is 1. The number of hydrogen-bond donors (Lipinski definition) is 2. The molecule has 0 unspecified atom stereocenters. The van der Waals surface area contributed by atoms with Crippen LogP contribution in [-0.4, -0.2) is 29.9 Å². The number of terminal acetylenes is 1. The Labute approximate surface area is 172 Å². The van der Waals surface area contributed by atoms with E-state index >= 15 is 0 Å². The molecule has 0 saturated carbocycles. The molecule has 0 aliphatic heterocycles. The summed E-state index contributed by atoms with van der Waals surface area (Å²) in [5.41, 5.74) is 3.55. The highest BCUT2D eigenvalue weighted by atomic mass is 16.5. The molecule has 2 aromatic carbocycles. The maximum absolute atomic E-state index is 12.3. The van der Waals surface area contributed by atoms with E-state index in [1.54, 1.807) is 49.6 Å². The standard InChI is InChI=1S/C22H17N5O3/c1-3-11-30-19-10-9-17(29-2)12-16(19)14-24-27-22-25-20(15-7-5-4-6-8-15)18(13-23)21(28)26-22/h1,4-10,12,14H,11H2,2H3,(H2,25,26,27,28). The molecule has 148 valence electrons. The highest BCUT2D eigenvalue weighted by molar-refractivity contribution is 5.84. The summed E-state index contributed by atoms with van der Waals surface area (Å²) in [4.78, 5) is 19.1. The Morgan fingerprint density at radius 3 is 2.80 bits per heavy atom. The van der Waals surface area contributed by atoms with Gasteiger partial charge >= 0.3 is 0 Å². The molecule has 1 heterocycles. The number of aromatic nitrogens is 2. The maximum atomic E-state index is 12.3. The molecule has 2 N–H and O–H groups in total. The van der Waals surface area contributed by atoms with E-state index in [-0.39, 0.29) is 23.8 Å². The zero-order valence-electron chi connectivity index (χ0n) is 16.0. The van der Waals surface area contributed by atoms with E-state index in [1.807, 2.05) is 12.1 Å². The molecule has 0 fully saturated rings. The Morgan fingerprint density at radius 2 is 2.10 bits per heavy atom. The molecule has 3 rings (SSSR count). The zero-order valence-corrected chi connectivity index (χ0v) is 16.0. The number of rotatable bonds is 7. The minimum atomic E-state index is -0.566. The van der Waals surface area contributed by atoms with Gasteiger partial charge < -0.3 is 9.47 Å². The van der Waals surface area contributed by atoms with Gasteiger partial charge in [0.05, 0.1) is 19.0 Å². The minimum Gasteiger partial charge on any atom is -0.497 e. The molecule has 0 atom stereocenters. The van der Waals surface area contributed by atoms with Crippen molar-refractivity contribution in [3.05, 3.63) is 70.0 Å². The van der Waals surface area contributed by atoms with Gasteiger partial charge in [0, 0.05) is 11.1 Å². The second-order valence-corrected chi connectivity index (χ2v) is 5.88. The SMILES string of the molecule is C#CCOc1ccc(OC)cc1C=NNc1nc(-c2ccccc2)c(C#N)c(=O)[nH]1. The molecule has 8 heteroatoms. The first kappa shape index (κ1) is 20.2. The van der Waals surface area contributed by atoms with Gasteiger partial charge in [0.2, 0.25) is 5.95 Å². The number of nitrogens with zero attached hydrogens (tertiary/aromatic N) is 3. The van der Waals surface area contributed by atoms with Crippen molar-refractivity contribution in [2.24, 2.45) is 5.10 Å². The molecular formula is C22H17N5O3. The van der Waals surface area contributed by atoms with E-state index in [2.05, 4.69) is 26.4 Å². The van der Waals surface area contributed by atoms with Crippen LogP contribution in [-0.2, 0) is 0 Å². The van der Waals surface area contributed by atoms with Crippen LogP contribution in [0.25, 0.3) is 11.3 Å². The molecular weight excluding hydrogens is 382 g/mol. The first-order valence-electron chi connectivity index (χ1n) is 8.79. The molecule has 0 saturated heterocycles. The Balaban J connectivity index is 1.90. The quantitative estimate of drug-likeness (QED) is 0.359. The van der Waals surface area contributed by atoms with Crippen LogP contribution < -0.4 is 20.5 Å².